The van der Waals surface area contributed by atoms with Gasteiger partial charge in [0.2, 0.25) is 0 Å². The summed E-state index contributed by atoms with van der Waals surface area (Å²) in [7, 11) is 0. The zero-order valence-electron chi connectivity index (χ0n) is 9.42. The molecule has 1 nitrogen and oxygen atoms in total. The van der Waals surface area contributed by atoms with Gasteiger partial charge in [-0.2, -0.15) is 0 Å². The lowest BCUT2D eigenvalue weighted by molar-refractivity contribution is 0.379. The van der Waals surface area contributed by atoms with Crippen LogP contribution in [-0.4, -0.2) is 6.54 Å². The van der Waals surface area contributed by atoms with Crippen LogP contribution in [0.5, 0.6) is 0 Å². The number of rotatable bonds is 6. The van der Waals surface area contributed by atoms with Crippen molar-refractivity contribution in [1.29, 1.82) is 0 Å². The first-order chi connectivity index (χ1) is 7.83. The molecule has 0 saturated heterocycles. The highest BCUT2D eigenvalue weighted by Gasteiger charge is 2.40. The van der Waals surface area contributed by atoms with E-state index in [4.69, 9.17) is 11.6 Å². The first-order valence-corrected chi connectivity index (χ1v) is 7.47. The zero-order chi connectivity index (χ0) is 11.0. The van der Waals surface area contributed by atoms with E-state index in [0.717, 1.165) is 28.6 Å². The Kier molecular flexibility index (Phi) is 3.23. The summed E-state index contributed by atoms with van der Waals surface area (Å²) >= 11 is 7.60. The molecule has 0 atom stereocenters. The number of nitrogens with one attached hydrogen (secondary N) is 1. The molecule has 0 radical (unpaired) electrons. The quantitative estimate of drug-likeness (QED) is 0.812. The van der Waals surface area contributed by atoms with Crippen LogP contribution in [0.2, 0.25) is 4.34 Å². The van der Waals surface area contributed by atoms with E-state index in [2.05, 4.69) is 11.4 Å². The van der Waals surface area contributed by atoms with Gasteiger partial charge >= 0.3 is 0 Å². The van der Waals surface area contributed by atoms with Gasteiger partial charge in [-0.25, -0.2) is 0 Å². The van der Waals surface area contributed by atoms with E-state index in [-0.39, 0.29) is 0 Å². The third-order valence-corrected chi connectivity index (χ3v) is 4.99. The van der Waals surface area contributed by atoms with E-state index in [0.29, 0.717) is 0 Å². The minimum Gasteiger partial charge on any atom is -0.312 e. The van der Waals surface area contributed by atoms with E-state index in [9.17, 15) is 0 Å². The number of halogens is 1. The van der Waals surface area contributed by atoms with E-state index in [1.807, 2.05) is 6.07 Å². The topological polar surface area (TPSA) is 12.0 Å². The van der Waals surface area contributed by atoms with E-state index in [1.54, 1.807) is 11.3 Å². The maximum atomic E-state index is 5.91. The molecule has 2 fully saturated rings. The fourth-order valence-electron chi connectivity index (χ4n) is 2.58. The summed E-state index contributed by atoms with van der Waals surface area (Å²) in [5, 5.41) is 3.61. The Morgan fingerprint density at radius 3 is 2.44 bits per heavy atom. The SMILES string of the molecule is Clc1ccc(CNCC(C2CC2)C2CC2)s1. The third-order valence-electron chi connectivity index (χ3n) is 3.76. The smallest absolute Gasteiger partial charge is 0.0931 e. The highest BCUT2D eigenvalue weighted by Crippen LogP contribution is 2.48. The first kappa shape index (κ1) is 11.1. The Hall–Kier alpha value is -0.0500. The second-order valence-corrected chi connectivity index (χ2v) is 6.98. The van der Waals surface area contributed by atoms with Gasteiger partial charge in [0.15, 0.2) is 0 Å². The number of thiophene rings is 1. The molecule has 1 aromatic rings. The lowest BCUT2D eigenvalue weighted by Gasteiger charge is -2.15. The van der Waals surface area contributed by atoms with Crippen LogP contribution in [0.4, 0.5) is 0 Å². The molecule has 16 heavy (non-hydrogen) atoms. The van der Waals surface area contributed by atoms with Crippen molar-refractivity contribution in [2.45, 2.75) is 32.2 Å². The maximum absolute atomic E-state index is 5.91. The van der Waals surface area contributed by atoms with Crippen molar-refractivity contribution in [3.8, 4) is 0 Å². The Bertz CT molecular complexity index is 343. The van der Waals surface area contributed by atoms with Gasteiger partial charge in [0.25, 0.3) is 0 Å². The summed E-state index contributed by atoms with van der Waals surface area (Å²) in [6, 6.07) is 4.12. The molecule has 1 heterocycles. The van der Waals surface area contributed by atoms with Crippen LogP contribution >= 0.6 is 22.9 Å². The molecular formula is C13H18ClNS. The summed E-state index contributed by atoms with van der Waals surface area (Å²) in [4.78, 5) is 1.36. The Balaban J connectivity index is 1.44. The van der Waals surface area contributed by atoms with Crippen LogP contribution in [0, 0.1) is 17.8 Å². The molecule has 2 saturated carbocycles. The highest BCUT2D eigenvalue weighted by molar-refractivity contribution is 7.16. The van der Waals surface area contributed by atoms with Gasteiger partial charge in [0.1, 0.15) is 0 Å². The summed E-state index contributed by atoms with van der Waals surface area (Å²) in [5.74, 6) is 3.06. The third kappa shape index (κ3) is 2.79. The van der Waals surface area contributed by atoms with Crippen LogP contribution in [0.1, 0.15) is 30.6 Å². The fourth-order valence-corrected chi connectivity index (χ4v) is 3.63. The first-order valence-electron chi connectivity index (χ1n) is 6.28. The molecule has 0 amide bonds. The highest BCUT2D eigenvalue weighted by atomic mass is 35.5. The van der Waals surface area contributed by atoms with Crippen LogP contribution in [0.3, 0.4) is 0 Å². The summed E-state index contributed by atoms with van der Waals surface area (Å²) in [6.45, 7) is 2.21. The molecule has 0 unspecified atom stereocenters. The molecule has 0 spiro atoms. The monoisotopic (exact) mass is 255 g/mol. The van der Waals surface area contributed by atoms with Gasteiger partial charge in [-0.05, 0) is 62.1 Å². The van der Waals surface area contributed by atoms with Gasteiger partial charge < -0.3 is 5.32 Å². The molecule has 3 heteroatoms. The minimum absolute atomic E-state index is 0.901. The van der Waals surface area contributed by atoms with Crippen LogP contribution < -0.4 is 5.32 Å². The standard InChI is InChI=1S/C13H18ClNS/c14-13-6-5-11(16-13)7-15-8-12(9-1-2-9)10-3-4-10/h5-6,9-10,12,15H,1-4,7-8H2. The minimum atomic E-state index is 0.901. The predicted molar refractivity (Wildman–Crippen MR) is 70.0 cm³/mol. The second kappa shape index (κ2) is 4.67. The lowest BCUT2D eigenvalue weighted by atomic mass is 9.98. The van der Waals surface area contributed by atoms with Crippen molar-refractivity contribution in [2.75, 3.05) is 6.54 Å². The molecule has 1 aromatic heterocycles. The summed E-state index contributed by atoms with van der Waals surface area (Å²) < 4.78 is 0.901. The number of hydrogen-bond donors (Lipinski definition) is 1. The van der Waals surface area contributed by atoms with Crippen LogP contribution in [-0.2, 0) is 6.54 Å². The second-order valence-electron chi connectivity index (χ2n) is 5.18. The lowest BCUT2D eigenvalue weighted by Crippen LogP contribution is -2.24. The van der Waals surface area contributed by atoms with Gasteiger partial charge in [-0.3, -0.25) is 0 Å². The van der Waals surface area contributed by atoms with Crippen molar-refractivity contribution in [3.63, 3.8) is 0 Å². The number of hydrogen-bond acceptors (Lipinski definition) is 2. The molecule has 1 N–H and O–H groups in total. The van der Waals surface area contributed by atoms with Crippen molar-refractivity contribution < 1.29 is 0 Å². The molecular weight excluding hydrogens is 238 g/mol. The molecule has 0 aliphatic heterocycles. The summed E-state index contributed by atoms with van der Waals surface area (Å²) in [5.41, 5.74) is 0. The van der Waals surface area contributed by atoms with Crippen molar-refractivity contribution in [2.24, 2.45) is 17.8 Å². The largest absolute Gasteiger partial charge is 0.312 e. The maximum Gasteiger partial charge on any atom is 0.0931 e. The normalized spacial score (nSPS) is 20.6. The molecule has 0 aromatic carbocycles. The molecule has 88 valence electrons. The predicted octanol–water partition coefficient (Wildman–Crippen LogP) is 3.93. The van der Waals surface area contributed by atoms with Gasteiger partial charge in [0.05, 0.1) is 4.34 Å². The van der Waals surface area contributed by atoms with Crippen molar-refractivity contribution in [3.05, 3.63) is 21.3 Å². The van der Waals surface area contributed by atoms with Crippen molar-refractivity contribution >= 4 is 22.9 Å². The Morgan fingerprint density at radius 2 is 1.94 bits per heavy atom. The van der Waals surface area contributed by atoms with E-state index in [1.165, 1.54) is 37.1 Å². The van der Waals surface area contributed by atoms with Crippen molar-refractivity contribution in [1.82, 2.24) is 5.32 Å². The molecule has 3 rings (SSSR count). The molecule has 0 bridgehead atoms. The Labute approximate surface area is 106 Å². The van der Waals surface area contributed by atoms with Gasteiger partial charge in [-0.15, -0.1) is 11.3 Å². The van der Waals surface area contributed by atoms with Gasteiger partial charge in [0, 0.05) is 11.4 Å². The average molecular weight is 256 g/mol. The molecule has 2 aliphatic carbocycles. The Morgan fingerprint density at radius 1 is 1.25 bits per heavy atom. The molecule has 2 aliphatic rings. The van der Waals surface area contributed by atoms with Crippen LogP contribution in [0.15, 0.2) is 12.1 Å². The van der Waals surface area contributed by atoms with Crippen LogP contribution in [0.25, 0.3) is 0 Å². The summed E-state index contributed by atoms with van der Waals surface area (Å²) in [6.07, 6.45) is 5.92. The fraction of sp³-hybridized carbons (Fsp3) is 0.692. The average Bonchev–Trinajstić information content (AvgIpc) is 3.15. The zero-order valence-corrected chi connectivity index (χ0v) is 11.0. The van der Waals surface area contributed by atoms with Gasteiger partial charge in [-0.1, -0.05) is 11.6 Å². The van der Waals surface area contributed by atoms with E-state index >= 15 is 0 Å². The van der Waals surface area contributed by atoms with E-state index < -0.39 is 0 Å².